The molecule has 0 radical (unpaired) electrons. The first-order chi connectivity index (χ1) is 15.5. The van der Waals surface area contributed by atoms with Crippen LogP contribution in [0.25, 0.3) is 10.9 Å². The maximum Gasteiger partial charge on any atom is 0.411 e. The zero-order valence-corrected chi connectivity index (χ0v) is 19.7. The van der Waals surface area contributed by atoms with E-state index < -0.39 is 29.3 Å². The summed E-state index contributed by atoms with van der Waals surface area (Å²) < 4.78 is 22.2. The lowest BCUT2D eigenvalue weighted by molar-refractivity contribution is -0.145. The summed E-state index contributed by atoms with van der Waals surface area (Å²) in [4.78, 5) is 44.8. The summed E-state index contributed by atoms with van der Waals surface area (Å²) in [5.74, 6) is 0.236. The third-order valence-corrected chi connectivity index (χ3v) is 5.90. The summed E-state index contributed by atoms with van der Waals surface area (Å²) in [5, 5.41) is 0.640. The van der Waals surface area contributed by atoms with Crippen LogP contribution in [0.4, 0.5) is 4.79 Å². The number of fused-ring (bicyclic) bond motifs is 3. The number of aromatic nitrogens is 1. The molecule has 1 aromatic carbocycles. The Bertz CT molecular complexity index is 1150. The number of methoxy groups -OCH3 is 2. The van der Waals surface area contributed by atoms with E-state index >= 15 is 0 Å². The molecular weight excluding hydrogens is 428 g/mol. The fraction of sp³-hybridized carbons (Fsp3) is 0.500. The molecule has 176 valence electrons. The van der Waals surface area contributed by atoms with Gasteiger partial charge in [0.2, 0.25) is 0 Å². The largest absolute Gasteiger partial charge is 0.497 e. The zero-order chi connectivity index (χ0) is 24.1. The number of aryl methyl sites for hydroxylation is 1. The highest BCUT2D eigenvalue weighted by Gasteiger charge is 2.55. The number of esters is 1. The molecule has 1 saturated heterocycles. The van der Waals surface area contributed by atoms with Gasteiger partial charge in [0.25, 0.3) is 0 Å². The van der Waals surface area contributed by atoms with Crippen molar-refractivity contribution in [3.8, 4) is 11.5 Å². The molecule has 3 heterocycles. The topological polar surface area (TPSA) is 104 Å². The van der Waals surface area contributed by atoms with Crippen LogP contribution in [0, 0.1) is 6.92 Å². The van der Waals surface area contributed by atoms with E-state index in [-0.39, 0.29) is 25.2 Å². The predicted molar refractivity (Wildman–Crippen MR) is 119 cm³/mol. The van der Waals surface area contributed by atoms with Crippen LogP contribution in [0.5, 0.6) is 11.5 Å². The van der Waals surface area contributed by atoms with Crippen LogP contribution in [0.2, 0.25) is 0 Å². The number of pyridine rings is 1. The van der Waals surface area contributed by atoms with Crippen molar-refractivity contribution >= 4 is 28.7 Å². The third kappa shape index (κ3) is 4.07. The van der Waals surface area contributed by atoms with Crippen LogP contribution in [-0.2, 0) is 14.3 Å². The Morgan fingerprint density at radius 2 is 1.97 bits per heavy atom. The van der Waals surface area contributed by atoms with Gasteiger partial charge in [-0.05, 0) is 45.9 Å². The first kappa shape index (κ1) is 22.8. The number of benzene rings is 1. The van der Waals surface area contributed by atoms with Gasteiger partial charge in [0.05, 0.1) is 44.0 Å². The Balaban J connectivity index is 1.75. The third-order valence-electron chi connectivity index (χ3n) is 5.90. The Hall–Kier alpha value is -3.36. The number of carbonyl (C=O) groups is 3. The molecule has 1 amide bonds. The van der Waals surface area contributed by atoms with Crippen LogP contribution in [0.1, 0.15) is 49.7 Å². The van der Waals surface area contributed by atoms with Crippen molar-refractivity contribution in [2.24, 2.45) is 0 Å². The number of likely N-dealkylation sites (tertiary alicyclic amines) is 1. The lowest BCUT2D eigenvalue weighted by atomic mass is 9.86. The zero-order valence-electron chi connectivity index (χ0n) is 19.7. The van der Waals surface area contributed by atoms with Gasteiger partial charge < -0.3 is 18.9 Å². The molecule has 0 unspecified atom stereocenters. The van der Waals surface area contributed by atoms with Crippen molar-refractivity contribution in [3.63, 3.8) is 0 Å². The van der Waals surface area contributed by atoms with Crippen molar-refractivity contribution in [1.82, 2.24) is 9.88 Å². The van der Waals surface area contributed by atoms with Crippen molar-refractivity contribution in [2.75, 3.05) is 20.8 Å². The summed E-state index contributed by atoms with van der Waals surface area (Å²) in [6.07, 6.45) is -0.544. The number of amides is 1. The number of rotatable bonds is 2. The number of ether oxygens (including phenoxy) is 4. The molecule has 0 N–H and O–H groups in total. The minimum atomic E-state index is -1.08. The Morgan fingerprint density at radius 1 is 1.24 bits per heavy atom. The minimum absolute atomic E-state index is 0.00253. The van der Waals surface area contributed by atoms with Gasteiger partial charge in [0.15, 0.2) is 11.5 Å². The Kier molecular flexibility index (Phi) is 5.46. The Morgan fingerprint density at radius 3 is 2.61 bits per heavy atom. The number of hydrogen-bond donors (Lipinski definition) is 0. The second-order valence-corrected chi connectivity index (χ2v) is 9.52. The number of ketones is 1. The lowest BCUT2D eigenvalue weighted by Gasteiger charge is -2.35. The summed E-state index contributed by atoms with van der Waals surface area (Å²) >= 11 is 0. The van der Waals surface area contributed by atoms with Gasteiger partial charge in [-0.15, -0.1) is 0 Å². The molecule has 2 atom stereocenters. The van der Waals surface area contributed by atoms with E-state index in [4.69, 9.17) is 18.9 Å². The molecule has 1 spiro atoms. The van der Waals surface area contributed by atoms with Crippen molar-refractivity contribution in [1.29, 1.82) is 0 Å². The summed E-state index contributed by atoms with van der Waals surface area (Å²) in [7, 11) is 2.82. The fourth-order valence-electron chi connectivity index (χ4n) is 4.52. The molecule has 0 bridgehead atoms. The second kappa shape index (κ2) is 7.90. The van der Waals surface area contributed by atoms with E-state index in [1.54, 1.807) is 53.0 Å². The molecule has 2 aliphatic rings. The van der Waals surface area contributed by atoms with E-state index in [0.717, 1.165) is 0 Å². The monoisotopic (exact) mass is 456 g/mol. The van der Waals surface area contributed by atoms with E-state index in [9.17, 15) is 14.4 Å². The number of Topliss-reactive ketones (excluding diaryl/α,β-unsaturated/α-hetero) is 1. The predicted octanol–water partition coefficient (Wildman–Crippen LogP) is 3.44. The number of hydrogen-bond acceptors (Lipinski definition) is 8. The first-order valence-electron chi connectivity index (χ1n) is 10.7. The summed E-state index contributed by atoms with van der Waals surface area (Å²) in [6.45, 7) is 7.02. The molecule has 4 rings (SSSR count). The average molecular weight is 456 g/mol. The van der Waals surface area contributed by atoms with Gasteiger partial charge in [-0.3, -0.25) is 9.69 Å². The Labute approximate surface area is 191 Å². The quantitative estimate of drug-likeness (QED) is 0.633. The average Bonchev–Trinajstić information content (AvgIpc) is 3.10. The van der Waals surface area contributed by atoms with Crippen LogP contribution >= 0.6 is 0 Å². The number of carbonyl (C=O) groups excluding carboxylic acids is 3. The van der Waals surface area contributed by atoms with E-state index in [2.05, 4.69) is 4.98 Å². The molecule has 2 aliphatic heterocycles. The summed E-state index contributed by atoms with van der Waals surface area (Å²) in [6, 6.07) is 4.42. The molecule has 2 aromatic rings. The van der Waals surface area contributed by atoms with Gasteiger partial charge in [-0.1, -0.05) is 0 Å². The molecule has 33 heavy (non-hydrogen) atoms. The summed E-state index contributed by atoms with van der Waals surface area (Å²) in [5.41, 5.74) is -0.178. The normalized spacial score (nSPS) is 22.2. The molecule has 9 heteroatoms. The molecule has 1 aromatic heterocycles. The maximum atomic E-state index is 13.5. The molecule has 0 saturated carbocycles. The van der Waals surface area contributed by atoms with Crippen LogP contribution in [0.15, 0.2) is 18.2 Å². The van der Waals surface area contributed by atoms with Crippen molar-refractivity contribution < 1.29 is 33.3 Å². The molecule has 9 nitrogen and oxygen atoms in total. The van der Waals surface area contributed by atoms with E-state index in [0.29, 0.717) is 33.7 Å². The maximum absolute atomic E-state index is 13.5. The molecule has 0 aliphatic carbocycles. The van der Waals surface area contributed by atoms with Gasteiger partial charge in [-0.2, -0.15) is 0 Å². The highest BCUT2D eigenvalue weighted by atomic mass is 16.6. The van der Waals surface area contributed by atoms with E-state index in [1.807, 2.05) is 0 Å². The van der Waals surface area contributed by atoms with Crippen LogP contribution in [0.3, 0.4) is 0 Å². The van der Waals surface area contributed by atoms with Crippen molar-refractivity contribution in [2.45, 2.75) is 57.8 Å². The highest BCUT2D eigenvalue weighted by Crippen LogP contribution is 2.45. The van der Waals surface area contributed by atoms with Crippen molar-refractivity contribution in [3.05, 3.63) is 29.5 Å². The fourth-order valence-corrected chi connectivity index (χ4v) is 4.52. The van der Waals surface area contributed by atoms with E-state index in [1.165, 1.54) is 12.0 Å². The standard InChI is InChI=1S/C24H28N2O7/c1-13-20-19(15-9-14(30-5)7-8-16(15)25-13)18(27)11-24(32-20)10-17(21(28)31-6)26(12-24)22(29)33-23(2,3)4/h7-9,17H,10-12H2,1-6H3/t17-,24+/m0/s1. The van der Waals surface area contributed by atoms with Gasteiger partial charge in [0.1, 0.15) is 23.0 Å². The SMILES string of the molecule is COC(=O)[C@@H]1C[C@@]2(CC(=O)c3c(c(C)nc4ccc(OC)cc34)O2)CN1C(=O)OC(C)(C)C. The van der Waals surface area contributed by atoms with Gasteiger partial charge >= 0.3 is 12.1 Å². The lowest BCUT2D eigenvalue weighted by Crippen LogP contribution is -2.47. The number of nitrogens with zero attached hydrogens (tertiary/aromatic N) is 2. The highest BCUT2D eigenvalue weighted by molar-refractivity contribution is 6.11. The van der Waals surface area contributed by atoms with Gasteiger partial charge in [0, 0.05) is 11.8 Å². The van der Waals surface area contributed by atoms with Gasteiger partial charge in [-0.25, -0.2) is 14.6 Å². The van der Waals surface area contributed by atoms with Crippen LogP contribution in [-0.4, -0.2) is 65.7 Å². The minimum Gasteiger partial charge on any atom is -0.497 e. The smallest absolute Gasteiger partial charge is 0.411 e. The molecular formula is C24H28N2O7. The first-order valence-corrected chi connectivity index (χ1v) is 10.7. The van der Waals surface area contributed by atoms with Crippen LogP contribution < -0.4 is 9.47 Å². The molecule has 1 fully saturated rings. The second-order valence-electron chi connectivity index (χ2n) is 9.52.